The zero-order valence-electron chi connectivity index (χ0n) is 32.6. The van der Waals surface area contributed by atoms with E-state index in [-0.39, 0.29) is 5.92 Å². The Hall–Kier alpha value is -1.06. The Kier molecular flexibility index (Phi) is 39.5. The largest absolute Gasteiger partial charge is 0.481 e. The molecule has 0 amide bonds. The average Bonchev–Trinajstić information content (AvgIpc) is 3.07. The van der Waals surface area contributed by atoms with Crippen LogP contribution in [0, 0.1) is 5.92 Å². The van der Waals surface area contributed by atoms with Crippen LogP contribution in [-0.2, 0) is 9.59 Å². The van der Waals surface area contributed by atoms with Crippen LogP contribution in [0.1, 0.15) is 264 Å². The highest BCUT2D eigenvalue weighted by molar-refractivity contribution is 5.69. The fourth-order valence-corrected chi connectivity index (χ4v) is 7.36. The molecular formula is C44H86O4. The van der Waals surface area contributed by atoms with Gasteiger partial charge in [0.15, 0.2) is 0 Å². The lowest BCUT2D eigenvalue weighted by molar-refractivity contribution is -0.142. The molecule has 1 unspecified atom stereocenters. The number of hydrogen-bond acceptors (Lipinski definition) is 2. The molecule has 0 spiro atoms. The Morgan fingerprint density at radius 1 is 0.333 bits per heavy atom. The standard InChI is InChI=1S/C44H86O4/c1-2-3-4-5-6-7-8-9-10-11-15-18-21-24-27-30-33-36-39-42(44(47)48)40-37-34-31-28-25-22-19-16-13-12-14-17-20-23-26-29-32-35-38-41-43(45)46/h42H,2-41H2,1H3,(H,45,46)(H,47,48). The topological polar surface area (TPSA) is 74.6 Å². The van der Waals surface area contributed by atoms with Crippen LogP contribution in [0.15, 0.2) is 0 Å². The molecular weight excluding hydrogens is 592 g/mol. The number of carboxylic acids is 2. The molecule has 0 fully saturated rings. The van der Waals surface area contributed by atoms with Crippen LogP contribution < -0.4 is 0 Å². The lowest BCUT2D eigenvalue weighted by atomic mass is 9.94. The highest BCUT2D eigenvalue weighted by atomic mass is 16.4. The predicted octanol–water partition coefficient (Wildman–Crippen LogP) is 15.4. The minimum atomic E-state index is -0.662. The van der Waals surface area contributed by atoms with Crippen LogP contribution in [0.25, 0.3) is 0 Å². The van der Waals surface area contributed by atoms with Crippen molar-refractivity contribution in [1.29, 1.82) is 0 Å². The molecule has 0 aliphatic rings. The molecule has 48 heavy (non-hydrogen) atoms. The first kappa shape index (κ1) is 46.9. The van der Waals surface area contributed by atoms with Crippen LogP contribution in [0.2, 0.25) is 0 Å². The van der Waals surface area contributed by atoms with Crippen LogP contribution in [0.4, 0.5) is 0 Å². The van der Waals surface area contributed by atoms with Crippen molar-refractivity contribution in [2.45, 2.75) is 264 Å². The zero-order valence-corrected chi connectivity index (χ0v) is 32.6. The molecule has 0 aromatic rings. The molecule has 0 aliphatic heterocycles. The van der Waals surface area contributed by atoms with E-state index in [1.165, 1.54) is 212 Å². The van der Waals surface area contributed by atoms with E-state index in [0.29, 0.717) is 6.42 Å². The van der Waals surface area contributed by atoms with Gasteiger partial charge in [-0.15, -0.1) is 0 Å². The van der Waals surface area contributed by atoms with Crippen LogP contribution in [0.3, 0.4) is 0 Å². The Morgan fingerprint density at radius 2 is 0.542 bits per heavy atom. The van der Waals surface area contributed by atoms with E-state index in [9.17, 15) is 14.7 Å². The van der Waals surface area contributed by atoms with Gasteiger partial charge in [-0.1, -0.05) is 238 Å². The lowest BCUT2D eigenvalue weighted by Crippen LogP contribution is -2.13. The van der Waals surface area contributed by atoms with Crippen LogP contribution in [-0.4, -0.2) is 22.2 Å². The van der Waals surface area contributed by atoms with Crippen molar-refractivity contribution in [3.8, 4) is 0 Å². The van der Waals surface area contributed by atoms with Gasteiger partial charge in [-0.3, -0.25) is 9.59 Å². The summed E-state index contributed by atoms with van der Waals surface area (Å²) < 4.78 is 0. The molecule has 0 heterocycles. The quantitative estimate of drug-likeness (QED) is 0.0630. The third-order valence-electron chi connectivity index (χ3n) is 10.7. The minimum Gasteiger partial charge on any atom is -0.481 e. The summed E-state index contributed by atoms with van der Waals surface area (Å²) in [4.78, 5) is 22.2. The van der Waals surface area contributed by atoms with Crippen molar-refractivity contribution in [2.75, 3.05) is 0 Å². The first-order valence-corrected chi connectivity index (χ1v) is 22.0. The van der Waals surface area contributed by atoms with Gasteiger partial charge in [-0.2, -0.15) is 0 Å². The number of rotatable bonds is 42. The molecule has 0 bridgehead atoms. The number of carboxylic acid groups (broad SMARTS) is 2. The summed E-state index contributed by atoms with van der Waals surface area (Å²) in [5.74, 6) is -1.35. The molecule has 0 aromatic carbocycles. The Balaban J connectivity index is 3.34. The molecule has 0 radical (unpaired) electrons. The average molecular weight is 679 g/mol. The third kappa shape index (κ3) is 39.4. The highest BCUT2D eigenvalue weighted by Gasteiger charge is 2.16. The molecule has 0 saturated carbocycles. The minimum absolute atomic E-state index is 0.118. The van der Waals surface area contributed by atoms with Crippen molar-refractivity contribution in [1.82, 2.24) is 0 Å². The number of unbranched alkanes of at least 4 members (excludes halogenated alkanes) is 35. The van der Waals surface area contributed by atoms with Gasteiger partial charge in [0, 0.05) is 6.42 Å². The maximum atomic E-state index is 11.7. The molecule has 4 heteroatoms. The second-order valence-electron chi connectivity index (χ2n) is 15.5. The Labute approximate surface area is 300 Å². The summed E-state index contributed by atoms with van der Waals surface area (Å²) in [6.45, 7) is 2.29. The van der Waals surface area contributed by atoms with E-state index >= 15 is 0 Å². The van der Waals surface area contributed by atoms with Gasteiger partial charge in [0.05, 0.1) is 5.92 Å². The second-order valence-corrected chi connectivity index (χ2v) is 15.5. The number of carbonyl (C=O) groups is 2. The van der Waals surface area contributed by atoms with Crippen molar-refractivity contribution < 1.29 is 19.8 Å². The summed E-state index contributed by atoms with van der Waals surface area (Å²) in [5, 5.41) is 18.3. The molecule has 4 nitrogen and oxygen atoms in total. The molecule has 0 rings (SSSR count). The van der Waals surface area contributed by atoms with Crippen molar-refractivity contribution in [3.05, 3.63) is 0 Å². The summed E-state index contributed by atoms with van der Waals surface area (Å²) in [6.07, 6.45) is 51.1. The van der Waals surface area contributed by atoms with Crippen molar-refractivity contribution in [2.24, 2.45) is 5.92 Å². The van der Waals surface area contributed by atoms with E-state index in [4.69, 9.17) is 5.11 Å². The smallest absolute Gasteiger partial charge is 0.306 e. The Morgan fingerprint density at radius 3 is 0.750 bits per heavy atom. The van der Waals surface area contributed by atoms with Gasteiger partial charge < -0.3 is 10.2 Å². The van der Waals surface area contributed by atoms with Gasteiger partial charge in [-0.25, -0.2) is 0 Å². The van der Waals surface area contributed by atoms with Gasteiger partial charge >= 0.3 is 11.9 Å². The fourth-order valence-electron chi connectivity index (χ4n) is 7.36. The molecule has 0 aromatic heterocycles. The van der Waals surface area contributed by atoms with Crippen molar-refractivity contribution in [3.63, 3.8) is 0 Å². The van der Waals surface area contributed by atoms with E-state index in [2.05, 4.69) is 6.92 Å². The fraction of sp³-hybridized carbons (Fsp3) is 0.955. The monoisotopic (exact) mass is 679 g/mol. The summed E-state index contributed by atoms with van der Waals surface area (Å²) in [5.41, 5.74) is 0. The maximum absolute atomic E-state index is 11.7. The summed E-state index contributed by atoms with van der Waals surface area (Å²) in [6, 6.07) is 0. The molecule has 1 atom stereocenters. The van der Waals surface area contributed by atoms with E-state index in [1.807, 2.05) is 0 Å². The van der Waals surface area contributed by atoms with E-state index in [1.54, 1.807) is 0 Å². The Bertz CT molecular complexity index is 648. The van der Waals surface area contributed by atoms with Crippen molar-refractivity contribution >= 4 is 11.9 Å². The highest BCUT2D eigenvalue weighted by Crippen LogP contribution is 2.21. The number of hydrogen-bond donors (Lipinski definition) is 2. The molecule has 0 saturated heterocycles. The van der Waals surface area contributed by atoms with E-state index < -0.39 is 11.9 Å². The predicted molar refractivity (Wildman–Crippen MR) is 209 cm³/mol. The van der Waals surface area contributed by atoms with Gasteiger partial charge in [0.2, 0.25) is 0 Å². The van der Waals surface area contributed by atoms with Gasteiger partial charge in [0.25, 0.3) is 0 Å². The SMILES string of the molecule is CCCCCCCCCCCCCCCCCCCCC(CCCCCCCCCCCCCCCCCCCCCC(=O)O)C(=O)O. The first-order valence-electron chi connectivity index (χ1n) is 22.0. The maximum Gasteiger partial charge on any atom is 0.306 e. The van der Waals surface area contributed by atoms with Crippen LogP contribution >= 0.6 is 0 Å². The van der Waals surface area contributed by atoms with E-state index in [0.717, 1.165) is 38.5 Å². The molecule has 2 N–H and O–H groups in total. The molecule has 0 aliphatic carbocycles. The second kappa shape index (κ2) is 40.4. The molecule has 286 valence electrons. The van der Waals surface area contributed by atoms with Gasteiger partial charge in [0.1, 0.15) is 0 Å². The van der Waals surface area contributed by atoms with Gasteiger partial charge in [-0.05, 0) is 19.3 Å². The normalized spacial score (nSPS) is 12.1. The third-order valence-corrected chi connectivity index (χ3v) is 10.7. The summed E-state index contributed by atoms with van der Waals surface area (Å²) in [7, 11) is 0. The zero-order chi connectivity index (χ0) is 35.0. The number of aliphatic carboxylic acids is 2. The lowest BCUT2D eigenvalue weighted by Gasteiger charge is -2.12. The van der Waals surface area contributed by atoms with Crippen LogP contribution in [0.5, 0.6) is 0 Å². The first-order chi connectivity index (χ1) is 23.6. The summed E-state index contributed by atoms with van der Waals surface area (Å²) >= 11 is 0.